The lowest BCUT2D eigenvalue weighted by Crippen LogP contribution is -2.58. The third-order valence-electron chi connectivity index (χ3n) is 6.09. The highest BCUT2D eigenvalue weighted by molar-refractivity contribution is 5.77. The lowest BCUT2D eigenvalue weighted by atomic mass is 9.89. The number of rotatable bonds is 5. The molecule has 1 amide bonds. The predicted octanol–water partition coefficient (Wildman–Crippen LogP) is 2.72. The Morgan fingerprint density at radius 1 is 1.12 bits per heavy atom. The van der Waals surface area contributed by atoms with Crippen molar-refractivity contribution in [2.45, 2.75) is 44.1 Å². The average Bonchev–Trinajstić information content (AvgIpc) is 3.46. The van der Waals surface area contributed by atoms with E-state index in [1.165, 1.54) is 18.4 Å². The van der Waals surface area contributed by atoms with Crippen LogP contribution in [0.25, 0.3) is 0 Å². The summed E-state index contributed by atoms with van der Waals surface area (Å²) in [7, 11) is 0. The molecule has 1 saturated carbocycles. The first-order valence-corrected chi connectivity index (χ1v) is 9.90. The van der Waals surface area contributed by atoms with Gasteiger partial charge in [0.2, 0.25) is 5.91 Å². The fourth-order valence-corrected chi connectivity index (χ4v) is 4.17. The van der Waals surface area contributed by atoms with Crippen molar-refractivity contribution in [3.63, 3.8) is 0 Å². The van der Waals surface area contributed by atoms with Crippen LogP contribution in [0.3, 0.4) is 0 Å². The van der Waals surface area contributed by atoms with E-state index in [0.29, 0.717) is 18.4 Å². The van der Waals surface area contributed by atoms with Crippen LogP contribution in [0.15, 0.2) is 30.3 Å². The van der Waals surface area contributed by atoms with Crippen molar-refractivity contribution in [3.8, 4) is 0 Å². The quantitative estimate of drug-likeness (QED) is 0.825. The van der Waals surface area contributed by atoms with Crippen molar-refractivity contribution in [3.05, 3.63) is 35.9 Å². The summed E-state index contributed by atoms with van der Waals surface area (Å²) in [5.41, 5.74) is 1.33. The smallest absolute Gasteiger partial charge is 0.223 e. The molecule has 1 aromatic rings. The molecule has 3 fully saturated rings. The largest absolute Gasteiger partial charge is 0.371 e. The maximum atomic E-state index is 12.5. The zero-order valence-electron chi connectivity index (χ0n) is 15.2. The number of ether oxygens (including phenoxy) is 1. The number of hydrogen-bond donors (Lipinski definition) is 0. The van der Waals surface area contributed by atoms with Crippen LogP contribution >= 0.6 is 0 Å². The summed E-state index contributed by atoms with van der Waals surface area (Å²) < 4.78 is 6.20. The molecule has 0 N–H and O–H groups in total. The van der Waals surface area contributed by atoms with Gasteiger partial charge >= 0.3 is 0 Å². The summed E-state index contributed by atoms with van der Waals surface area (Å²) >= 11 is 0. The number of benzene rings is 1. The molecular weight excluding hydrogens is 312 g/mol. The molecule has 2 saturated heterocycles. The van der Waals surface area contributed by atoms with Crippen LogP contribution < -0.4 is 0 Å². The Kier molecular flexibility index (Phi) is 5.09. The van der Waals surface area contributed by atoms with Gasteiger partial charge in [-0.3, -0.25) is 4.79 Å². The Balaban J connectivity index is 1.26. The van der Waals surface area contributed by atoms with E-state index in [1.807, 2.05) is 0 Å². The first kappa shape index (κ1) is 17.0. The van der Waals surface area contributed by atoms with Crippen LogP contribution in [0.2, 0.25) is 0 Å². The normalized spacial score (nSPS) is 23.8. The lowest BCUT2D eigenvalue weighted by Gasteiger charge is -2.47. The van der Waals surface area contributed by atoms with Gasteiger partial charge in [-0.25, -0.2) is 0 Å². The first-order valence-electron chi connectivity index (χ1n) is 9.90. The van der Waals surface area contributed by atoms with E-state index in [2.05, 4.69) is 40.1 Å². The van der Waals surface area contributed by atoms with Gasteiger partial charge in [0.25, 0.3) is 0 Å². The topological polar surface area (TPSA) is 32.8 Å². The molecule has 0 aromatic heterocycles. The predicted molar refractivity (Wildman–Crippen MR) is 98.4 cm³/mol. The van der Waals surface area contributed by atoms with Crippen LogP contribution in [-0.4, -0.2) is 60.6 Å². The number of amides is 1. The van der Waals surface area contributed by atoms with E-state index < -0.39 is 0 Å². The fourth-order valence-electron chi connectivity index (χ4n) is 4.17. The molecule has 4 nitrogen and oxygen atoms in total. The van der Waals surface area contributed by atoms with Crippen LogP contribution in [0.1, 0.15) is 37.7 Å². The number of hydrogen-bond acceptors (Lipinski definition) is 3. The molecule has 2 heterocycles. The summed E-state index contributed by atoms with van der Waals surface area (Å²) in [5, 5.41) is 0. The standard InChI is InChI=1S/C21H30N2O2/c24-20(16-19-6-7-19)23-14-15-25-21(17-23)9-12-22(13-10-21)11-8-18-4-2-1-3-5-18/h1-5,19H,6-17H2. The van der Waals surface area contributed by atoms with Gasteiger partial charge < -0.3 is 14.5 Å². The SMILES string of the molecule is O=C(CC1CC1)N1CCOC2(CCN(CCc3ccccc3)CC2)C1. The highest BCUT2D eigenvalue weighted by Gasteiger charge is 2.41. The molecule has 1 aliphatic carbocycles. The van der Waals surface area contributed by atoms with E-state index in [-0.39, 0.29) is 5.60 Å². The Bertz CT molecular complexity index is 577. The number of piperidine rings is 1. The first-order chi connectivity index (χ1) is 12.2. The fraction of sp³-hybridized carbons (Fsp3) is 0.667. The third-order valence-corrected chi connectivity index (χ3v) is 6.09. The van der Waals surface area contributed by atoms with Crippen molar-refractivity contribution in [1.29, 1.82) is 0 Å². The molecule has 0 bridgehead atoms. The summed E-state index contributed by atoms with van der Waals surface area (Å²) in [6.07, 6.45) is 6.47. The Hall–Kier alpha value is -1.39. The molecule has 4 heteroatoms. The second kappa shape index (κ2) is 7.46. The highest BCUT2D eigenvalue weighted by Crippen LogP contribution is 2.35. The molecule has 0 unspecified atom stereocenters. The zero-order valence-corrected chi connectivity index (χ0v) is 15.2. The van der Waals surface area contributed by atoms with Crippen molar-refractivity contribution in [2.24, 2.45) is 5.92 Å². The minimum Gasteiger partial charge on any atom is -0.371 e. The minimum absolute atomic E-state index is 0.0826. The molecule has 0 radical (unpaired) electrons. The lowest BCUT2D eigenvalue weighted by molar-refractivity contribution is -0.159. The van der Waals surface area contributed by atoms with Gasteiger partial charge in [0, 0.05) is 39.1 Å². The molecule has 0 atom stereocenters. The molecule has 25 heavy (non-hydrogen) atoms. The van der Waals surface area contributed by atoms with Crippen molar-refractivity contribution in [2.75, 3.05) is 39.3 Å². The van der Waals surface area contributed by atoms with Crippen LogP contribution in [0, 0.1) is 5.92 Å². The van der Waals surface area contributed by atoms with Gasteiger partial charge in [-0.15, -0.1) is 0 Å². The van der Waals surface area contributed by atoms with Gasteiger partial charge in [0.15, 0.2) is 0 Å². The van der Waals surface area contributed by atoms with E-state index in [1.54, 1.807) is 0 Å². The second-order valence-corrected chi connectivity index (χ2v) is 8.07. The van der Waals surface area contributed by atoms with E-state index >= 15 is 0 Å². The van der Waals surface area contributed by atoms with Crippen LogP contribution in [0.5, 0.6) is 0 Å². The average molecular weight is 342 g/mol. The van der Waals surface area contributed by atoms with E-state index in [0.717, 1.165) is 58.4 Å². The monoisotopic (exact) mass is 342 g/mol. The molecule has 3 aliphatic rings. The third kappa shape index (κ3) is 4.42. The van der Waals surface area contributed by atoms with Gasteiger partial charge in [-0.1, -0.05) is 30.3 Å². The van der Waals surface area contributed by atoms with E-state index in [4.69, 9.17) is 4.74 Å². The molecule has 4 rings (SSSR count). The summed E-state index contributed by atoms with van der Waals surface area (Å²) in [4.78, 5) is 17.1. The summed E-state index contributed by atoms with van der Waals surface area (Å²) in [6, 6.07) is 10.7. The Labute approximate surface area is 151 Å². The van der Waals surface area contributed by atoms with Gasteiger partial charge in [0.1, 0.15) is 0 Å². The van der Waals surface area contributed by atoms with Crippen LogP contribution in [0.4, 0.5) is 0 Å². The van der Waals surface area contributed by atoms with Crippen molar-refractivity contribution >= 4 is 5.91 Å². The van der Waals surface area contributed by atoms with Gasteiger partial charge in [0.05, 0.1) is 12.2 Å². The summed E-state index contributed by atoms with van der Waals surface area (Å²) in [5.74, 6) is 1.03. The van der Waals surface area contributed by atoms with Crippen molar-refractivity contribution < 1.29 is 9.53 Å². The Morgan fingerprint density at radius 2 is 1.88 bits per heavy atom. The number of carbonyl (C=O) groups is 1. The Morgan fingerprint density at radius 3 is 2.60 bits per heavy atom. The molecular formula is C21H30N2O2. The maximum absolute atomic E-state index is 12.5. The number of morpholine rings is 1. The molecule has 1 spiro atoms. The number of likely N-dealkylation sites (tertiary alicyclic amines) is 1. The molecule has 2 aliphatic heterocycles. The summed E-state index contributed by atoms with van der Waals surface area (Å²) in [6.45, 7) is 5.58. The van der Waals surface area contributed by atoms with Gasteiger partial charge in [-0.05, 0) is 43.6 Å². The molecule has 136 valence electrons. The second-order valence-electron chi connectivity index (χ2n) is 8.07. The number of nitrogens with zero attached hydrogens (tertiary/aromatic N) is 2. The zero-order chi connectivity index (χ0) is 17.1. The number of carbonyl (C=O) groups excluding carboxylic acids is 1. The van der Waals surface area contributed by atoms with E-state index in [9.17, 15) is 4.79 Å². The minimum atomic E-state index is -0.0826. The maximum Gasteiger partial charge on any atom is 0.223 e. The van der Waals surface area contributed by atoms with Crippen molar-refractivity contribution in [1.82, 2.24) is 9.80 Å². The van der Waals surface area contributed by atoms with Crippen LogP contribution in [-0.2, 0) is 16.0 Å². The highest BCUT2D eigenvalue weighted by atomic mass is 16.5. The van der Waals surface area contributed by atoms with Gasteiger partial charge in [-0.2, -0.15) is 0 Å². The molecule has 1 aromatic carbocycles.